The predicted molar refractivity (Wildman–Crippen MR) is 69.2 cm³/mol. The maximum atomic E-state index is 11.5. The molecule has 1 fully saturated rings. The summed E-state index contributed by atoms with van der Waals surface area (Å²) in [5, 5.41) is 24.1. The maximum Gasteiger partial charge on any atom is 0.408 e. The molecule has 0 radical (unpaired) electrons. The molecule has 0 spiro atoms. The van der Waals surface area contributed by atoms with Gasteiger partial charge in [-0.25, -0.2) is 4.79 Å². The number of carbonyl (C=O) groups is 2. The minimum atomic E-state index is -0.806. The summed E-state index contributed by atoms with van der Waals surface area (Å²) in [6.07, 6.45) is -0.799. The number of hydrogen-bond donors (Lipinski definition) is 3. The second kappa shape index (κ2) is 6.18. The average molecular weight is 295 g/mol. The number of β-lactam (4-membered cyclic amide) rings is 1. The Morgan fingerprint density at radius 1 is 1.43 bits per heavy atom. The van der Waals surface area contributed by atoms with Crippen LogP contribution in [0.4, 0.5) is 10.5 Å². The van der Waals surface area contributed by atoms with Gasteiger partial charge in [0.25, 0.3) is 5.69 Å². The number of benzene rings is 1. The van der Waals surface area contributed by atoms with Crippen molar-refractivity contribution in [2.24, 2.45) is 0 Å². The van der Waals surface area contributed by atoms with Crippen molar-refractivity contribution >= 4 is 17.7 Å². The Morgan fingerprint density at radius 2 is 2.10 bits per heavy atom. The fourth-order valence-corrected chi connectivity index (χ4v) is 1.79. The molecule has 1 aliphatic rings. The molecule has 1 saturated heterocycles. The van der Waals surface area contributed by atoms with E-state index >= 15 is 0 Å². The zero-order valence-corrected chi connectivity index (χ0v) is 10.8. The monoisotopic (exact) mass is 295 g/mol. The highest BCUT2D eigenvalue weighted by molar-refractivity contribution is 5.92. The van der Waals surface area contributed by atoms with Crippen LogP contribution in [0.15, 0.2) is 24.3 Å². The molecule has 9 nitrogen and oxygen atoms in total. The van der Waals surface area contributed by atoms with Gasteiger partial charge in [-0.1, -0.05) is 0 Å². The third-order valence-corrected chi connectivity index (χ3v) is 3.00. The summed E-state index contributed by atoms with van der Waals surface area (Å²) in [6, 6.07) is 4.23. The summed E-state index contributed by atoms with van der Waals surface area (Å²) in [6.45, 7) is -0.360. The van der Waals surface area contributed by atoms with Crippen LogP contribution in [0.2, 0.25) is 0 Å². The molecule has 2 atom stereocenters. The smallest absolute Gasteiger partial charge is 0.408 e. The van der Waals surface area contributed by atoms with Gasteiger partial charge in [0.05, 0.1) is 17.6 Å². The van der Waals surface area contributed by atoms with Crippen molar-refractivity contribution in [1.82, 2.24) is 10.6 Å². The van der Waals surface area contributed by atoms with E-state index in [-0.39, 0.29) is 24.8 Å². The van der Waals surface area contributed by atoms with Crippen molar-refractivity contribution in [1.29, 1.82) is 0 Å². The Kier molecular flexibility index (Phi) is 4.33. The van der Waals surface area contributed by atoms with Crippen LogP contribution in [0, 0.1) is 10.1 Å². The number of carbonyl (C=O) groups excluding carboxylic acids is 2. The Morgan fingerprint density at radius 3 is 2.62 bits per heavy atom. The number of nitro benzene ring substituents is 1. The van der Waals surface area contributed by atoms with Crippen LogP contribution in [-0.2, 0) is 16.1 Å². The van der Waals surface area contributed by atoms with Gasteiger partial charge >= 0.3 is 6.09 Å². The number of nitrogens with one attached hydrogen (secondary N) is 2. The minimum Gasteiger partial charge on any atom is -0.445 e. The van der Waals surface area contributed by atoms with Crippen molar-refractivity contribution in [2.75, 3.05) is 6.61 Å². The maximum absolute atomic E-state index is 11.5. The van der Waals surface area contributed by atoms with E-state index in [0.29, 0.717) is 5.56 Å². The van der Waals surface area contributed by atoms with Crippen LogP contribution in [0.1, 0.15) is 5.56 Å². The number of amides is 2. The summed E-state index contributed by atoms with van der Waals surface area (Å²) in [5.74, 6) is -0.388. The fourth-order valence-electron chi connectivity index (χ4n) is 1.79. The Labute approximate surface area is 119 Å². The van der Waals surface area contributed by atoms with Crippen molar-refractivity contribution < 1.29 is 24.4 Å². The van der Waals surface area contributed by atoms with Gasteiger partial charge in [-0.2, -0.15) is 0 Å². The lowest BCUT2D eigenvalue weighted by atomic mass is 10.0. The first kappa shape index (κ1) is 14.7. The standard InChI is InChI=1S/C12H13N3O6/c16-5-9-10(11(17)13-9)14-12(18)21-6-7-1-3-8(4-2-7)15(19)20/h1-4,9-10,16H,5-6H2,(H,13,17)(H,14,18)/t9-,10+/m1/s1. The van der Waals surface area contributed by atoms with Gasteiger partial charge in [-0.15, -0.1) is 0 Å². The summed E-state index contributed by atoms with van der Waals surface area (Å²) in [5.41, 5.74) is 0.521. The van der Waals surface area contributed by atoms with Crippen LogP contribution in [0.3, 0.4) is 0 Å². The summed E-state index contributed by atoms with van der Waals surface area (Å²) in [7, 11) is 0. The van der Waals surface area contributed by atoms with Gasteiger partial charge in [0.15, 0.2) is 0 Å². The SMILES string of the molecule is O=C(N[C@@H]1C(=O)N[C@@H]1CO)OCc1ccc([N+](=O)[O-])cc1. The van der Waals surface area contributed by atoms with E-state index in [9.17, 15) is 19.7 Å². The second-order valence-corrected chi connectivity index (χ2v) is 4.42. The third-order valence-electron chi connectivity index (χ3n) is 3.00. The van der Waals surface area contributed by atoms with Crippen molar-refractivity contribution in [3.8, 4) is 0 Å². The summed E-state index contributed by atoms with van der Waals surface area (Å²) in [4.78, 5) is 32.6. The number of non-ortho nitro benzene ring substituents is 1. The molecule has 0 bridgehead atoms. The quantitative estimate of drug-likeness (QED) is 0.387. The number of nitrogens with zero attached hydrogens (tertiary/aromatic N) is 1. The molecule has 1 aliphatic heterocycles. The second-order valence-electron chi connectivity index (χ2n) is 4.42. The molecule has 9 heteroatoms. The van der Waals surface area contributed by atoms with Crippen molar-refractivity contribution in [3.63, 3.8) is 0 Å². The first-order chi connectivity index (χ1) is 10.0. The Bertz CT molecular complexity index is 559. The molecule has 0 saturated carbocycles. The molecule has 112 valence electrons. The molecular formula is C12H13N3O6. The molecule has 0 unspecified atom stereocenters. The van der Waals surface area contributed by atoms with Crippen LogP contribution in [0.25, 0.3) is 0 Å². The summed E-state index contributed by atoms with van der Waals surface area (Å²) < 4.78 is 4.89. The lowest BCUT2D eigenvalue weighted by Crippen LogP contribution is -2.70. The van der Waals surface area contributed by atoms with Gasteiger partial charge in [0, 0.05) is 12.1 Å². The molecule has 1 heterocycles. The van der Waals surface area contributed by atoms with E-state index in [4.69, 9.17) is 9.84 Å². The lowest BCUT2D eigenvalue weighted by molar-refractivity contribution is -0.384. The number of aliphatic hydroxyl groups excluding tert-OH is 1. The highest BCUT2D eigenvalue weighted by Crippen LogP contribution is 2.12. The number of hydrogen-bond acceptors (Lipinski definition) is 6. The van der Waals surface area contributed by atoms with Gasteiger partial charge < -0.3 is 20.5 Å². The number of nitro groups is 1. The zero-order valence-electron chi connectivity index (χ0n) is 10.8. The molecular weight excluding hydrogens is 282 g/mol. The fraction of sp³-hybridized carbons (Fsp3) is 0.333. The van der Waals surface area contributed by atoms with Gasteiger partial charge in [-0.05, 0) is 17.7 Å². The highest BCUT2D eigenvalue weighted by atomic mass is 16.6. The van der Waals surface area contributed by atoms with Crippen molar-refractivity contribution in [2.45, 2.75) is 18.7 Å². The van der Waals surface area contributed by atoms with Gasteiger partial charge in [0.2, 0.25) is 5.91 Å². The molecule has 3 N–H and O–H groups in total. The minimum absolute atomic E-state index is 0.0554. The Balaban J connectivity index is 1.81. The number of alkyl carbamates (subject to hydrolysis) is 1. The van der Waals surface area contributed by atoms with E-state index in [1.54, 1.807) is 0 Å². The third kappa shape index (κ3) is 3.45. The average Bonchev–Trinajstić information content (AvgIpc) is 2.48. The van der Waals surface area contributed by atoms with Gasteiger partial charge in [0.1, 0.15) is 12.6 Å². The van der Waals surface area contributed by atoms with Crippen LogP contribution < -0.4 is 10.6 Å². The zero-order chi connectivity index (χ0) is 15.4. The number of aliphatic hydroxyl groups is 1. The van der Waals surface area contributed by atoms with E-state index in [1.165, 1.54) is 24.3 Å². The topological polar surface area (TPSA) is 131 Å². The first-order valence-electron chi connectivity index (χ1n) is 6.09. The molecule has 2 rings (SSSR count). The molecule has 1 aromatic rings. The molecule has 0 aromatic heterocycles. The largest absolute Gasteiger partial charge is 0.445 e. The van der Waals surface area contributed by atoms with E-state index in [1.807, 2.05) is 0 Å². The lowest BCUT2D eigenvalue weighted by Gasteiger charge is -2.35. The molecule has 0 aliphatic carbocycles. The van der Waals surface area contributed by atoms with E-state index in [2.05, 4.69) is 10.6 Å². The number of rotatable bonds is 5. The van der Waals surface area contributed by atoms with E-state index in [0.717, 1.165) is 0 Å². The van der Waals surface area contributed by atoms with Crippen LogP contribution in [0.5, 0.6) is 0 Å². The van der Waals surface area contributed by atoms with Crippen LogP contribution >= 0.6 is 0 Å². The molecule has 21 heavy (non-hydrogen) atoms. The highest BCUT2D eigenvalue weighted by Gasteiger charge is 2.40. The van der Waals surface area contributed by atoms with Crippen LogP contribution in [-0.4, -0.2) is 40.7 Å². The molecule has 1 aromatic carbocycles. The van der Waals surface area contributed by atoms with Crippen molar-refractivity contribution in [3.05, 3.63) is 39.9 Å². The van der Waals surface area contributed by atoms with Gasteiger partial charge in [-0.3, -0.25) is 14.9 Å². The normalized spacial score (nSPS) is 20.1. The Hall–Kier alpha value is -2.68. The molecule has 2 amide bonds. The number of ether oxygens (including phenoxy) is 1. The predicted octanol–water partition coefficient (Wildman–Crippen LogP) is -0.320. The first-order valence-corrected chi connectivity index (χ1v) is 6.09. The summed E-state index contributed by atoms with van der Waals surface area (Å²) >= 11 is 0. The van der Waals surface area contributed by atoms with E-state index < -0.39 is 23.1 Å².